The second-order valence-electron chi connectivity index (χ2n) is 3.18. The average molecular weight is 224 g/mol. The molecule has 0 bridgehead atoms. The number of halogens is 1. The molecule has 1 aliphatic rings. The highest BCUT2D eigenvalue weighted by molar-refractivity contribution is 6.62. The van der Waals surface area contributed by atoms with Crippen molar-refractivity contribution in [2.75, 3.05) is 13.2 Å². The first kappa shape index (κ1) is 10.2. The molecule has 0 spiro atoms. The smallest absolute Gasteiger partial charge is 0.265 e. The predicted octanol–water partition coefficient (Wildman–Crippen LogP) is 2.68. The van der Waals surface area contributed by atoms with Crippen molar-refractivity contribution in [1.82, 2.24) is 5.06 Å². The highest BCUT2D eigenvalue weighted by Gasteiger charge is 2.18. The number of nitrogens with zero attached hydrogens (tertiary/aromatic N) is 1. The Morgan fingerprint density at radius 2 is 2.07 bits per heavy atom. The van der Waals surface area contributed by atoms with E-state index in [4.69, 9.17) is 16.4 Å². The lowest BCUT2D eigenvalue weighted by Gasteiger charge is -2.24. The summed E-state index contributed by atoms with van der Waals surface area (Å²) in [4.78, 5) is 16.0. The van der Waals surface area contributed by atoms with Crippen LogP contribution in [0.15, 0.2) is 36.4 Å². The van der Waals surface area contributed by atoms with E-state index >= 15 is 0 Å². The Morgan fingerprint density at radius 3 is 2.73 bits per heavy atom. The van der Waals surface area contributed by atoms with Gasteiger partial charge in [0, 0.05) is 0 Å². The van der Waals surface area contributed by atoms with Crippen molar-refractivity contribution in [3.63, 3.8) is 0 Å². The molecular formula is C11H10ClNO2. The number of hydrogen-bond acceptors (Lipinski definition) is 2. The van der Waals surface area contributed by atoms with Crippen LogP contribution in [0.2, 0.25) is 0 Å². The fourth-order valence-electron chi connectivity index (χ4n) is 1.47. The van der Waals surface area contributed by atoms with Crippen LogP contribution in [0.5, 0.6) is 0 Å². The molecule has 0 radical (unpaired) electrons. The average Bonchev–Trinajstić information content (AvgIpc) is 2.30. The summed E-state index contributed by atoms with van der Waals surface area (Å²) >= 11 is 5.34. The van der Waals surface area contributed by atoms with Crippen molar-refractivity contribution in [2.45, 2.75) is 0 Å². The Hall–Kier alpha value is -1.32. The molecule has 2 rings (SSSR count). The topological polar surface area (TPSA) is 29.5 Å². The molecule has 0 atom stereocenters. The van der Waals surface area contributed by atoms with E-state index in [2.05, 4.69) is 0 Å². The first-order chi connectivity index (χ1) is 7.27. The molecule has 0 aliphatic carbocycles. The van der Waals surface area contributed by atoms with E-state index in [9.17, 15) is 4.79 Å². The minimum absolute atomic E-state index is 0.378. The van der Waals surface area contributed by atoms with Crippen LogP contribution in [0, 0.1) is 0 Å². The van der Waals surface area contributed by atoms with Crippen LogP contribution in [-0.4, -0.2) is 23.6 Å². The van der Waals surface area contributed by atoms with Gasteiger partial charge in [0.2, 0.25) is 0 Å². The van der Waals surface area contributed by atoms with Gasteiger partial charge in [-0.1, -0.05) is 36.4 Å². The van der Waals surface area contributed by atoms with E-state index in [1.165, 1.54) is 0 Å². The molecule has 3 nitrogen and oxygen atoms in total. The molecule has 4 heteroatoms. The molecule has 1 aliphatic heterocycles. The molecule has 0 aromatic heterocycles. The van der Waals surface area contributed by atoms with Crippen LogP contribution in [-0.2, 0) is 4.84 Å². The van der Waals surface area contributed by atoms with Gasteiger partial charge in [0.05, 0.1) is 13.2 Å². The van der Waals surface area contributed by atoms with Crippen molar-refractivity contribution in [1.29, 1.82) is 0 Å². The van der Waals surface area contributed by atoms with E-state index in [1.807, 2.05) is 36.4 Å². The predicted molar refractivity (Wildman–Crippen MR) is 58.3 cm³/mol. The van der Waals surface area contributed by atoms with E-state index in [-0.39, 0.29) is 0 Å². The SMILES string of the molecule is O=C(Cl)N1CC(c2ccccc2)=CCO1. The van der Waals surface area contributed by atoms with Gasteiger partial charge in [-0.2, -0.15) is 0 Å². The van der Waals surface area contributed by atoms with Crippen molar-refractivity contribution >= 4 is 22.5 Å². The molecule has 1 heterocycles. The zero-order valence-corrected chi connectivity index (χ0v) is 8.78. The molecule has 0 unspecified atom stereocenters. The number of amides is 1. The van der Waals surface area contributed by atoms with Crippen molar-refractivity contribution in [2.24, 2.45) is 0 Å². The van der Waals surface area contributed by atoms with Crippen LogP contribution < -0.4 is 0 Å². The monoisotopic (exact) mass is 223 g/mol. The minimum Gasteiger partial charge on any atom is -0.265 e. The fourth-order valence-corrected chi connectivity index (χ4v) is 1.58. The molecule has 78 valence electrons. The maximum Gasteiger partial charge on any atom is 0.340 e. The Balaban J connectivity index is 2.18. The summed E-state index contributed by atoms with van der Waals surface area (Å²) in [6.45, 7) is 0.773. The third-order valence-electron chi connectivity index (χ3n) is 2.21. The van der Waals surface area contributed by atoms with Crippen LogP contribution >= 0.6 is 11.6 Å². The van der Waals surface area contributed by atoms with Gasteiger partial charge in [-0.25, -0.2) is 5.06 Å². The first-order valence-electron chi connectivity index (χ1n) is 4.62. The molecular weight excluding hydrogens is 214 g/mol. The van der Waals surface area contributed by atoms with E-state index in [0.717, 1.165) is 16.2 Å². The van der Waals surface area contributed by atoms with Crippen molar-refractivity contribution in [3.05, 3.63) is 42.0 Å². The highest BCUT2D eigenvalue weighted by Crippen LogP contribution is 2.19. The number of carbonyl (C=O) groups excluding carboxylic acids is 1. The summed E-state index contributed by atoms with van der Waals surface area (Å²) < 4.78 is 0. The summed E-state index contributed by atoms with van der Waals surface area (Å²) in [6.07, 6.45) is 1.95. The summed E-state index contributed by atoms with van der Waals surface area (Å²) in [7, 11) is 0. The zero-order valence-electron chi connectivity index (χ0n) is 8.02. The fraction of sp³-hybridized carbons (Fsp3) is 0.182. The van der Waals surface area contributed by atoms with Gasteiger partial charge in [0.25, 0.3) is 0 Å². The Labute approximate surface area is 92.9 Å². The van der Waals surface area contributed by atoms with Crippen LogP contribution in [0.1, 0.15) is 5.56 Å². The van der Waals surface area contributed by atoms with Crippen molar-refractivity contribution in [3.8, 4) is 0 Å². The molecule has 1 aromatic rings. The number of hydrogen-bond donors (Lipinski definition) is 0. The maximum absolute atomic E-state index is 10.9. The lowest BCUT2D eigenvalue weighted by molar-refractivity contribution is -0.0924. The molecule has 1 aromatic carbocycles. The van der Waals surface area contributed by atoms with Crippen molar-refractivity contribution < 1.29 is 9.63 Å². The molecule has 0 saturated heterocycles. The van der Waals surface area contributed by atoms with Gasteiger partial charge in [-0.15, -0.1) is 0 Å². The molecule has 0 saturated carbocycles. The quantitative estimate of drug-likeness (QED) is 0.541. The maximum atomic E-state index is 10.9. The largest absolute Gasteiger partial charge is 0.340 e. The van der Waals surface area contributed by atoms with Crippen LogP contribution in [0.3, 0.4) is 0 Å². The van der Waals surface area contributed by atoms with Gasteiger partial charge in [0.1, 0.15) is 0 Å². The van der Waals surface area contributed by atoms with Gasteiger partial charge in [-0.05, 0) is 22.7 Å². The summed E-state index contributed by atoms with van der Waals surface area (Å²) in [5.41, 5.74) is 2.14. The van der Waals surface area contributed by atoms with Gasteiger partial charge in [-0.3, -0.25) is 9.63 Å². The normalized spacial score (nSPS) is 16.1. The summed E-state index contributed by atoms with van der Waals surface area (Å²) in [5.74, 6) is 0. The van der Waals surface area contributed by atoms with E-state index in [0.29, 0.717) is 13.2 Å². The molecule has 15 heavy (non-hydrogen) atoms. The van der Waals surface area contributed by atoms with Crippen LogP contribution in [0.4, 0.5) is 4.79 Å². The number of benzene rings is 1. The van der Waals surface area contributed by atoms with Gasteiger partial charge in [0.15, 0.2) is 0 Å². The molecule has 0 N–H and O–H groups in total. The van der Waals surface area contributed by atoms with E-state index in [1.54, 1.807) is 0 Å². The summed E-state index contributed by atoms with van der Waals surface area (Å²) in [6, 6.07) is 9.85. The Kier molecular flexibility index (Phi) is 3.04. The van der Waals surface area contributed by atoms with E-state index < -0.39 is 5.37 Å². The zero-order chi connectivity index (χ0) is 10.7. The lowest BCUT2D eigenvalue weighted by Crippen LogP contribution is -2.31. The Morgan fingerprint density at radius 1 is 1.33 bits per heavy atom. The highest BCUT2D eigenvalue weighted by atomic mass is 35.5. The number of rotatable bonds is 1. The first-order valence-corrected chi connectivity index (χ1v) is 4.99. The molecule has 0 fully saturated rings. The third-order valence-corrected chi connectivity index (χ3v) is 2.40. The summed E-state index contributed by atoms with van der Waals surface area (Å²) in [5, 5.41) is 0.570. The number of hydroxylamine groups is 2. The second-order valence-corrected chi connectivity index (χ2v) is 3.50. The van der Waals surface area contributed by atoms with Gasteiger partial charge >= 0.3 is 5.37 Å². The number of carbonyl (C=O) groups is 1. The lowest BCUT2D eigenvalue weighted by atomic mass is 10.1. The second kappa shape index (κ2) is 4.47. The van der Waals surface area contributed by atoms with Gasteiger partial charge < -0.3 is 0 Å². The molecule has 1 amide bonds. The van der Waals surface area contributed by atoms with Crippen LogP contribution in [0.25, 0.3) is 5.57 Å². The standard InChI is InChI=1S/C11H10ClNO2/c12-11(14)13-8-10(6-7-15-13)9-4-2-1-3-5-9/h1-6H,7-8H2. The third kappa shape index (κ3) is 2.37. The Bertz CT molecular complexity index is 389. The minimum atomic E-state index is -0.587.